The van der Waals surface area contributed by atoms with Crippen molar-refractivity contribution in [1.82, 2.24) is 10.6 Å². The summed E-state index contributed by atoms with van der Waals surface area (Å²) in [6.07, 6.45) is 0.449. The van der Waals surface area contributed by atoms with Crippen LogP contribution in [-0.2, 0) is 4.74 Å². The van der Waals surface area contributed by atoms with Crippen LogP contribution in [0.2, 0.25) is 0 Å². The second-order valence-electron chi connectivity index (χ2n) is 6.82. The van der Waals surface area contributed by atoms with Crippen LogP contribution in [0.3, 0.4) is 0 Å². The Labute approximate surface area is 105 Å². The fraction of sp³-hybridized carbons (Fsp3) is 0.923. The molecule has 0 fully saturated rings. The highest BCUT2D eigenvalue weighted by Gasteiger charge is 2.30. The molecule has 4 heteroatoms. The molecule has 0 saturated heterocycles. The van der Waals surface area contributed by atoms with Gasteiger partial charge in [-0.15, -0.1) is 0 Å². The number of amides is 1. The molecule has 4 nitrogen and oxygen atoms in total. The first-order valence-corrected chi connectivity index (χ1v) is 6.07. The van der Waals surface area contributed by atoms with Crippen molar-refractivity contribution in [3.05, 3.63) is 0 Å². The molecule has 0 bridgehead atoms. The first-order chi connectivity index (χ1) is 7.37. The predicted molar refractivity (Wildman–Crippen MR) is 71.2 cm³/mol. The summed E-state index contributed by atoms with van der Waals surface area (Å²) in [5.41, 5.74) is -0.800. The molecular formula is C13H28N2O2. The lowest BCUT2D eigenvalue weighted by Crippen LogP contribution is -2.52. The summed E-state index contributed by atoms with van der Waals surface area (Å²) >= 11 is 0. The van der Waals surface area contributed by atoms with Gasteiger partial charge in [-0.3, -0.25) is 0 Å². The molecule has 0 aromatic carbocycles. The van der Waals surface area contributed by atoms with Gasteiger partial charge in [0, 0.05) is 11.1 Å². The second kappa shape index (κ2) is 5.25. The number of nitrogens with one attached hydrogen (secondary N) is 2. The summed E-state index contributed by atoms with van der Waals surface area (Å²) in [6, 6.07) is 0. The van der Waals surface area contributed by atoms with E-state index in [0.29, 0.717) is 0 Å². The number of hydrogen-bond acceptors (Lipinski definition) is 3. The summed E-state index contributed by atoms with van der Waals surface area (Å²) in [7, 11) is 1.92. The van der Waals surface area contributed by atoms with E-state index in [1.54, 1.807) is 0 Å². The monoisotopic (exact) mass is 244 g/mol. The average molecular weight is 244 g/mol. The summed E-state index contributed by atoms with van der Waals surface area (Å²) in [5, 5.41) is 6.13. The number of rotatable bonds is 4. The Morgan fingerprint density at radius 1 is 1.00 bits per heavy atom. The van der Waals surface area contributed by atoms with Crippen molar-refractivity contribution in [2.45, 2.75) is 71.6 Å². The molecule has 0 spiro atoms. The quantitative estimate of drug-likeness (QED) is 0.799. The van der Waals surface area contributed by atoms with Crippen LogP contribution in [0.5, 0.6) is 0 Å². The van der Waals surface area contributed by atoms with E-state index in [9.17, 15) is 4.79 Å². The van der Waals surface area contributed by atoms with E-state index in [-0.39, 0.29) is 17.2 Å². The molecule has 0 aromatic heterocycles. The van der Waals surface area contributed by atoms with Gasteiger partial charge in [-0.2, -0.15) is 0 Å². The van der Waals surface area contributed by atoms with E-state index in [0.717, 1.165) is 6.42 Å². The summed E-state index contributed by atoms with van der Waals surface area (Å²) < 4.78 is 5.25. The van der Waals surface area contributed by atoms with Crippen LogP contribution in [0, 0.1) is 0 Å². The molecule has 17 heavy (non-hydrogen) atoms. The SMILES string of the molecule is CNC(C)(C)CC(C)(C)NC(=O)OC(C)(C)C. The van der Waals surface area contributed by atoms with Crippen LogP contribution >= 0.6 is 0 Å². The van der Waals surface area contributed by atoms with Crippen LogP contribution in [-0.4, -0.2) is 29.8 Å². The Morgan fingerprint density at radius 3 is 1.82 bits per heavy atom. The normalized spacial score (nSPS) is 13.4. The third kappa shape index (κ3) is 8.02. The lowest BCUT2D eigenvalue weighted by molar-refractivity contribution is 0.0456. The van der Waals surface area contributed by atoms with Crippen LogP contribution in [0.25, 0.3) is 0 Å². The van der Waals surface area contributed by atoms with E-state index in [2.05, 4.69) is 24.5 Å². The minimum absolute atomic E-state index is 0.0293. The first kappa shape index (κ1) is 16.2. The molecule has 2 N–H and O–H groups in total. The highest BCUT2D eigenvalue weighted by Crippen LogP contribution is 2.20. The van der Waals surface area contributed by atoms with E-state index in [1.807, 2.05) is 41.7 Å². The third-order valence-electron chi connectivity index (χ3n) is 2.40. The maximum Gasteiger partial charge on any atom is 0.408 e. The van der Waals surface area contributed by atoms with Crippen molar-refractivity contribution in [3.63, 3.8) is 0 Å². The number of hydrogen-bond donors (Lipinski definition) is 2. The Balaban J connectivity index is 4.40. The highest BCUT2D eigenvalue weighted by molar-refractivity contribution is 5.68. The highest BCUT2D eigenvalue weighted by atomic mass is 16.6. The average Bonchev–Trinajstić information content (AvgIpc) is 1.96. The fourth-order valence-electron chi connectivity index (χ4n) is 1.82. The van der Waals surface area contributed by atoms with Gasteiger partial charge in [-0.05, 0) is 61.9 Å². The predicted octanol–water partition coefficient (Wildman–Crippen LogP) is 2.68. The Morgan fingerprint density at radius 2 is 1.47 bits per heavy atom. The van der Waals surface area contributed by atoms with E-state index in [1.165, 1.54) is 0 Å². The Hall–Kier alpha value is -0.770. The van der Waals surface area contributed by atoms with E-state index < -0.39 is 5.60 Å². The molecule has 0 aliphatic rings. The fourth-order valence-corrected chi connectivity index (χ4v) is 1.82. The molecule has 0 unspecified atom stereocenters. The van der Waals surface area contributed by atoms with Gasteiger partial charge in [-0.25, -0.2) is 4.79 Å². The van der Waals surface area contributed by atoms with Crippen molar-refractivity contribution in [2.24, 2.45) is 0 Å². The Bertz CT molecular complexity index is 265. The lowest BCUT2D eigenvalue weighted by atomic mass is 9.87. The summed E-state index contributed by atoms with van der Waals surface area (Å²) in [5.74, 6) is 0. The third-order valence-corrected chi connectivity index (χ3v) is 2.40. The van der Waals surface area contributed by atoms with E-state index >= 15 is 0 Å². The number of carbonyl (C=O) groups is 1. The number of carbonyl (C=O) groups excluding carboxylic acids is 1. The van der Waals surface area contributed by atoms with Gasteiger partial charge in [0.05, 0.1) is 0 Å². The Kier molecular flexibility index (Phi) is 5.02. The topological polar surface area (TPSA) is 50.4 Å². The molecule has 102 valence electrons. The molecule has 0 rings (SSSR count). The molecule has 0 saturated carbocycles. The lowest BCUT2D eigenvalue weighted by Gasteiger charge is -2.35. The molecule has 0 radical (unpaired) electrons. The minimum atomic E-state index is -0.460. The number of alkyl carbamates (subject to hydrolysis) is 1. The van der Waals surface area contributed by atoms with Crippen molar-refractivity contribution in [3.8, 4) is 0 Å². The molecule has 0 aliphatic heterocycles. The van der Waals surface area contributed by atoms with Crippen molar-refractivity contribution in [1.29, 1.82) is 0 Å². The first-order valence-electron chi connectivity index (χ1n) is 6.07. The molecule has 0 aliphatic carbocycles. The van der Waals surface area contributed by atoms with Crippen LogP contribution in [0.4, 0.5) is 4.79 Å². The van der Waals surface area contributed by atoms with Crippen molar-refractivity contribution in [2.75, 3.05) is 7.05 Å². The minimum Gasteiger partial charge on any atom is -0.444 e. The van der Waals surface area contributed by atoms with Gasteiger partial charge in [0.25, 0.3) is 0 Å². The second-order valence-corrected chi connectivity index (χ2v) is 6.82. The maximum absolute atomic E-state index is 11.7. The molecular weight excluding hydrogens is 216 g/mol. The smallest absolute Gasteiger partial charge is 0.408 e. The molecule has 0 heterocycles. The molecule has 1 amide bonds. The van der Waals surface area contributed by atoms with Gasteiger partial charge in [0.2, 0.25) is 0 Å². The zero-order chi connectivity index (χ0) is 13.9. The largest absolute Gasteiger partial charge is 0.444 e. The zero-order valence-electron chi connectivity index (χ0n) is 12.5. The standard InChI is InChI=1S/C13H28N2O2/c1-11(2,3)17-10(16)15-13(6,7)9-12(4,5)14-8/h14H,9H2,1-8H3,(H,15,16). The van der Waals surface area contributed by atoms with Gasteiger partial charge < -0.3 is 15.4 Å². The van der Waals surface area contributed by atoms with Crippen LogP contribution in [0.15, 0.2) is 0 Å². The number of ether oxygens (including phenoxy) is 1. The zero-order valence-corrected chi connectivity index (χ0v) is 12.5. The van der Waals surface area contributed by atoms with Crippen LogP contribution < -0.4 is 10.6 Å². The summed E-state index contributed by atoms with van der Waals surface area (Å²) in [4.78, 5) is 11.7. The van der Waals surface area contributed by atoms with Gasteiger partial charge >= 0.3 is 6.09 Å². The van der Waals surface area contributed by atoms with Crippen LogP contribution in [0.1, 0.15) is 54.9 Å². The molecule has 0 aromatic rings. The van der Waals surface area contributed by atoms with Gasteiger partial charge in [-0.1, -0.05) is 0 Å². The molecule has 0 atom stereocenters. The van der Waals surface area contributed by atoms with Crippen molar-refractivity contribution >= 4 is 6.09 Å². The van der Waals surface area contributed by atoms with E-state index in [4.69, 9.17) is 4.74 Å². The summed E-state index contributed by atoms with van der Waals surface area (Å²) in [6.45, 7) is 13.8. The van der Waals surface area contributed by atoms with Gasteiger partial charge in [0.1, 0.15) is 5.60 Å². The van der Waals surface area contributed by atoms with Crippen molar-refractivity contribution < 1.29 is 9.53 Å². The maximum atomic E-state index is 11.7. The van der Waals surface area contributed by atoms with Gasteiger partial charge in [0.15, 0.2) is 0 Å².